The molecule has 7 heteroatoms. The largest absolute Gasteiger partial charge is 0.461 e. The van der Waals surface area contributed by atoms with Gasteiger partial charge in [-0.05, 0) is 19.1 Å². The van der Waals surface area contributed by atoms with Crippen molar-refractivity contribution in [1.82, 2.24) is 9.29 Å². The Balaban J connectivity index is 2.47. The predicted octanol–water partition coefficient (Wildman–Crippen LogP) is 1.32. The number of fused-ring (bicyclic) bond motifs is 1. The molecule has 0 aliphatic heterocycles. The van der Waals surface area contributed by atoms with E-state index in [9.17, 15) is 13.2 Å². The van der Waals surface area contributed by atoms with Gasteiger partial charge < -0.3 is 9.30 Å². The van der Waals surface area contributed by atoms with Crippen molar-refractivity contribution in [1.29, 1.82) is 0 Å². The summed E-state index contributed by atoms with van der Waals surface area (Å²) in [5, 5.41) is 0.853. The first-order valence-corrected chi connectivity index (χ1v) is 8.01. The SMILES string of the molecule is CCOC(=O)c1cc2ccccc2n1CNS(C)(=O)=O. The smallest absolute Gasteiger partial charge is 0.355 e. The minimum absolute atomic E-state index is 0.0134. The average Bonchev–Trinajstić information content (AvgIpc) is 2.74. The molecule has 0 bridgehead atoms. The molecule has 6 nitrogen and oxygen atoms in total. The van der Waals surface area contributed by atoms with Crippen molar-refractivity contribution in [3.05, 3.63) is 36.0 Å². The van der Waals surface area contributed by atoms with E-state index in [0.717, 1.165) is 17.2 Å². The molecule has 1 heterocycles. The van der Waals surface area contributed by atoms with E-state index in [1.165, 1.54) is 0 Å². The number of hydrogen-bond acceptors (Lipinski definition) is 4. The van der Waals surface area contributed by atoms with E-state index in [0.29, 0.717) is 5.69 Å². The van der Waals surface area contributed by atoms with Crippen molar-refractivity contribution in [2.75, 3.05) is 12.9 Å². The molecule has 1 aromatic heterocycles. The summed E-state index contributed by atoms with van der Waals surface area (Å²) in [7, 11) is -3.35. The zero-order chi connectivity index (χ0) is 14.8. The molecule has 1 N–H and O–H groups in total. The molecule has 0 fully saturated rings. The third-order valence-corrected chi connectivity index (χ3v) is 3.43. The average molecular weight is 296 g/mol. The van der Waals surface area contributed by atoms with Gasteiger partial charge in [0.15, 0.2) is 0 Å². The molecule has 0 aliphatic carbocycles. The summed E-state index contributed by atoms with van der Waals surface area (Å²) < 4.78 is 31.4. The van der Waals surface area contributed by atoms with E-state index in [2.05, 4.69) is 4.72 Å². The van der Waals surface area contributed by atoms with Gasteiger partial charge in [-0.25, -0.2) is 13.2 Å². The molecule has 0 saturated carbocycles. The normalized spacial score (nSPS) is 11.7. The van der Waals surface area contributed by atoms with Crippen molar-refractivity contribution < 1.29 is 17.9 Å². The molecule has 0 radical (unpaired) electrons. The number of carbonyl (C=O) groups is 1. The molecule has 0 saturated heterocycles. The fraction of sp³-hybridized carbons (Fsp3) is 0.308. The van der Waals surface area contributed by atoms with Gasteiger partial charge in [-0.1, -0.05) is 18.2 Å². The van der Waals surface area contributed by atoms with E-state index >= 15 is 0 Å². The molecular weight excluding hydrogens is 280 g/mol. The molecule has 0 spiro atoms. The van der Waals surface area contributed by atoms with Gasteiger partial charge in [0.25, 0.3) is 0 Å². The summed E-state index contributed by atoms with van der Waals surface area (Å²) in [5.41, 5.74) is 1.09. The minimum atomic E-state index is -3.35. The highest BCUT2D eigenvalue weighted by Gasteiger charge is 2.17. The first kappa shape index (κ1) is 14.5. The first-order valence-electron chi connectivity index (χ1n) is 6.12. The van der Waals surface area contributed by atoms with Crippen molar-refractivity contribution in [3.63, 3.8) is 0 Å². The maximum absolute atomic E-state index is 11.9. The van der Waals surface area contributed by atoms with Crippen LogP contribution in [0, 0.1) is 0 Å². The second-order valence-corrected chi connectivity index (χ2v) is 6.14. The minimum Gasteiger partial charge on any atom is -0.461 e. The van der Waals surface area contributed by atoms with Crippen LogP contribution >= 0.6 is 0 Å². The molecule has 2 aromatic rings. The van der Waals surface area contributed by atoms with Gasteiger partial charge in [-0.3, -0.25) is 0 Å². The third kappa shape index (κ3) is 3.17. The van der Waals surface area contributed by atoms with Crippen LogP contribution in [0.25, 0.3) is 10.9 Å². The van der Waals surface area contributed by atoms with E-state index in [1.807, 2.05) is 24.3 Å². The highest BCUT2D eigenvalue weighted by atomic mass is 32.2. The van der Waals surface area contributed by atoms with Crippen LogP contribution < -0.4 is 4.72 Å². The maximum atomic E-state index is 11.9. The topological polar surface area (TPSA) is 77.4 Å². The van der Waals surface area contributed by atoms with Gasteiger partial charge in [0, 0.05) is 10.9 Å². The van der Waals surface area contributed by atoms with Crippen LogP contribution in [-0.2, 0) is 21.4 Å². The van der Waals surface area contributed by atoms with E-state index in [4.69, 9.17) is 4.74 Å². The molecule has 20 heavy (non-hydrogen) atoms. The number of sulfonamides is 1. The highest BCUT2D eigenvalue weighted by molar-refractivity contribution is 7.88. The Hall–Kier alpha value is -1.86. The molecular formula is C13H16N2O4S. The standard InChI is InChI=1S/C13H16N2O4S/c1-3-19-13(16)12-8-10-6-4-5-7-11(10)15(12)9-14-20(2,17)18/h4-8,14H,3,9H2,1-2H3. The Bertz CT molecular complexity index is 734. The number of nitrogens with one attached hydrogen (secondary N) is 1. The molecule has 0 atom stereocenters. The summed E-state index contributed by atoms with van der Waals surface area (Å²) in [6.45, 7) is 1.97. The monoisotopic (exact) mass is 296 g/mol. The van der Waals surface area contributed by atoms with Crippen molar-refractivity contribution in [2.45, 2.75) is 13.6 Å². The summed E-state index contributed by atoms with van der Waals surface area (Å²) in [6.07, 6.45) is 1.07. The Kier molecular flexibility index (Phi) is 4.10. The summed E-state index contributed by atoms with van der Waals surface area (Å²) in [5.74, 6) is -0.473. The van der Waals surface area contributed by atoms with Crippen molar-refractivity contribution in [3.8, 4) is 0 Å². The molecule has 2 rings (SSSR count). The van der Waals surface area contributed by atoms with Crippen LogP contribution in [0.5, 0.6) is 0 Å². The number of rotatable bonds is 5. The first-order chi connectivity index (χ1) is 9.42. The number of nitrogens with zero attached hydrogens (tertiary/aromatic N) is 1. The third-order valence-electron chi connectivity index (χ3n) is 2.78. The number of benzene rings is 1. The number of aromatic nitrogens is 1. The van der Waals surface area contributed by atoms with Crippen molar-refractivity contribution >= 4 is 26.9 Å². The lowest BCUT2D eigenvalue weighted by Gasteiger charge is -2.10. The van der Waals surface area contributed by atoms with Crippen LogP contribution in [0.1, 0.15) is 17.4 Å². The number of hydrogen-bond donors (Lipinski definition) is 1. The van der Waals surface area contributed by atoms with Crippen LogP contribution in [-0.4, -0.2) is 31.8 Å². The summed E-state index contributed by atoms with van der Waals surface area (Å²) in [4.78, 5) is 11.9. The fourth-order valence-corrected chi connectivity index (χ4v) is 2.30. The summed E-state index contributed by atoms with van der Waals surface area (Å²) >= 11 is 0. The zero-order valence-electron chi connectivity index (χ0n) is 11.3. The van der Waals surface area contributed by atoms with Crippen LogP contribution in [0.3, 0.4) is 0 Å². The molecule has 1 aromatic carbocycles. The number of esters is 1. The number of para-hydroxylation sites is 1. The van der Waals surface area contributed by atoms with E-state index < -0.39 is 16.0 Å². The second-order valence-electron chi connectivity index (χ2n) is 4.31. The van der Waals surface area contributed by atoms with Gasteiger partial charge in [0.1, 0.15) is 5.69 Å². The second kappa shape index (κ2) is 5.64. The fourth-order valence-electron chi connectivity index (χ4n) is 1.94. The lowest BCUT2D eigenvalue weighted by molar-refractivity contribution is 0.0514. The maximum Gasteiger partial charge on any atom is 0.355 e. The Morgan fingerprint density at radius 1 is 1.35 bits per heavy atom. The lowest BCUT2D eigenvalue weighted by Crippen LogP contribution is -2.26. The number of carbonyl (C=O) groups excluding carboxylic acids is 1. The molecule has 0 aliphatic rings. The Morgan fingerprint density at radius 2 is 2.05 bits per heavy atom. The van der Waals surface area contributed by atoms with Gasteiger partial charge in [-0.15, -0.1) is 0 Å². The lowest BCUT2D eigenvalue weighted by atomic mass is 10.2. The van der Waals surface area contributed by atoms with Gasteiger partial charge in [0.05, 0.1) is 19.5 Å². The molecule has 0 unspecified atom stereocenters. The quantitative estimate of drug-likeness (QED) is 0.844. The van der Waals surface area contributed by atoms with Gasteiger partial charge in [0.2, 0.25) is 10.0 Å². The Morgan fingerprint density at radius 3 is 2.70 bits per heavy atom. The predicted molar refractivity (Wildman–Crippen MR) is 75.9 cm³/mol. The van der Waals surface area contributed by atoms with Crippen LogP contribution in [0.2, 0.25) is 0 Å². The van der Waals surface area contributed by atoms with E-state index in [1.54, 1.807) is 17.6 Å². The summed E-state index contributed by atoms with van der Waals surface area (Å²) in [6, 6.07) is 9.05. The Labute approximate surface area is 117 Å². The van der Waals surface area contributed by atoms with Crippen LogP contribution in [0.15, 0.2) is 30.3 Å². The van der Waals surface area contributed by atoms with Crippen LogP contribution in [0.4, 0.5) is 0 Å². The zero-order valence-corrected chi connectivity index (χ0v) is 12.1. The molecule has 0 amide bonds. The molecule has 108 valence electrons. The highest BCUT2D eigenvalue weighted by Crippen LogP contribution is 2.20. The van der Waals surface area contributed by atoms with Crippen molar-refractivity contribution in [2.24, 2.45) is 0 Å². The van der Waals surface area contributed by atoms with Gasteiger partial charge >= 0.3 is 5.97 Å². The van der Waals surface area contributed by atoms with E-state index in [-0.39, 0.29) is 13.3 Å². The van der Waals surface area contributed by atoms with Gasteiger partial charge in [-0.2, -0.15) is 4.72 Å². The number of ether oxygens (including phenoxy) is 1.